The fraction of sp³-hybridized carbons (Fsp3) is 0.553. The van der Waals surface area contributed by atoms with Crippen molar-refractivity contribution in [2.24, 2.45) is 0 Å². The summed E-state index contributed by atoms with van der Waals surface area (Å²) < 4.78 is 17.0. The number of nitrogens with zero attached hydrogens (tertiary/aromatic N) is 3. The SMILES string of the molecule is CC/C=C\C/C=C\C/C=C\CCCCCCCC(=O)NCCOCCOCCOCCN(Cc1ccccn1)Cc1ccccn1. The molecule has 8 nitrogen and oxygen atoms in total. The summed E-state index contributed by atoms with van der Waals surface area (Å²) in [5.41, 5.74) is 2.05. The molecule has 0 spiro atoms. The number of nitrogens with one attached hydrogen (secondary N) is 1. The smallest absolute Gasteiger partial charge is 0.220 e. The van der Waals surface area contributed by atoms with Crippen LogP contribution in [0.5, 0.6) is 0 Å². The Balaban J connectivity index is 1.35. The van der Waals surface area contributed by atoms with Crippen LogP contribution >= 0.6 is 0 Å². The Morgan fingerprint density at radius 1 is 0.696 bits per heavy atom. The summed E-state index contributed by atoms with van der Waals surface area (Å²) in [6.45, 7) is 8.10. The number of pyridine rings is 2. The van der Waals surface area contributed by atoms with Crippen LogP contribution in [-0.4, -0.2) is 73.5 Å². The van der Waals surface area contributed by atoms with Gasteiger partial charge in [-0.1, -0.05) is 74.8 Å². The molecule has 0 fully saturated rings. The number of aromatic nitrogens is 2. The molecule has 2 aromatic heterocycles. The first kappa shape index (κ1) is 39.0. The van der Waals surface area contributed by atoms with Gasteiger partial charge in [0.2, 0.25) is 5.91 Å². The molecule has 8 heteroatoms. The van der Waals surface area contributed by atoms with Gasteiger partial charge in [-0.25, -0.2) is 0 Å². The highest BCUT2D eigenvalue weighted by molar-refractivity contribution is 5.75. The maximum atomic E-state index is 12.0. The van der Waals surface area contributed by atoms with Gasteiger partial charge in [0.25, 0.3) is 0 Å². The van der Waals surface area contributed by atoms with E-state index < -0.39 is 0 Å². The van der Waals surface area contributed by atoms with Crippen LogP contribution in [0.3, 0.4) is 0 Å². The highest BCUT2D eigenvalue weighted by atomic mass is 16.5. The predicted octanol–water partition coefficient (Wildman–Crippen LogP) is 7.23. The third-order valence-electron chi connectivity index (χ3n) is 7.14. The van der Waals surface area contributed by atoms with Gasteiger partial charge in [0.1, 0.15) is 0 Å². The second-order valence-corrected chi connectivity index (χ2v) is 11.1. The minimum absolute atomic E-state index is 0.108. The lowest BCUT2D eigenvalue weighted by Crippen LogP contribution is -2.28. The van der Waals surface area contributed by atoms with E-state index in [0.29, 0.717) is 52.6 Å². The van der Waals surface area contributed by atoms with Gasteiger partial charge in [-0.15, -0.1) is 0 Å². The Labute approximate surface area is 278 Å². The highest BCUT2D eigenvalue weighted by Gasteiger charge is 2.09. The lowest BCUT2D eigenvalue weighted by atomic mass is 10.1. The van der Waals surface area contributed by atoms with Crippen molar-refractivity contribution in [2.45, 2.75) is 84.2 Å². The van der Waals surface area contributed by atoms with Gasteiger partial charge in [0, 0.05) is 45.0 Å². The molecule has 0 saturated carbocycles. The average molecular weight is 635 g/mol. The van der Waals surface area contributed by atoms with E-state index in [9.17, 15) is 4.79 Å². The summed E-state index contributed by atoms with van der Waals surface area (Å²) in [6.07, 6.45) is 27.6. The summed E-state index contributed by atoms with van der Waals surface area (Å²) in [5.74, 6) is 0.108. The number of carbonyl (C=O) groups is 1. The van der Waals surface area contributed by atoms with Crippen LogP contribution in [0.2, 0.25) is 0 Å². The fourth-order valence-electron chi connectivity index (χ4n) is 4.65. The summed E-state index contributed by atoms with van der Waals surface area (Å²) >= 11 is 0. The first-order chi connectivity index (χ1) is 22.8. The average Bonchev–Trinajstić information content (AvgIpc) is 3.08. The van der Waals surface area contributed by atoms with E-state index in [1.54, 1.807) is 0 Å². The first-order valence-electron chi connectivity index (χ1n) is 17.2. The molecule has 0 bridgehead atoms. The molecule has 46 heavy (non-hydrogen) atoms. The van der Waals surface area contributed by atoms with Gasteiger partial charge in [0.05, 0.1) is 51.0 Å². The molecular weight excluding hydrogens is 576 g/mol. The predicted molar refractivity (Wildman–Crippen MR) is 187 cm³/mol. The van der Waals surface area contributed by atoms with E-state index in [-0.39, 0.29) is 5.91 Å². The fourth-order valence-corrected chi connectivity index (χ4v) is 4.65. The molecule has 2 rings (SSSR count). The van der Waals surface area contributed by atoms with Gasteiger partial charge in [-0.3, -0.25) is 19.7 Å². The highest BCUT2D eigenvalue weighted by Crippen LogP contribution is 2.09. The number of rotatable bonds is 29. The molecule has 1 amide bonds. The van der Waals surface area contributed by atoms with E-state index in [4.69, 9.17) is 14.2 Å². The zero-order valence-corrected chi connectivity index (χ0v) is 28.2. The van der Waals surface area contributed by atoms with Crippen LogP contribution in [0, 0.1) is 0 Å². The molecule has 0 atom stereocenters. The molecule has 0 aliphatic rings. The molecule has 0 unspecified atom stereocenters. The third kappa shape index (κ3) is 23.2. The van der Waals surface area contributed by atoms with Crippen LogP contribution in [0.25, 0.3) is 0 Å². The van der Waals surface area contributed by atoms with E-state index in [1.165, 1.54) is 19.3 Å². The van der Waals surface area contributed by atoms with Crippen molar-refractivity contribution in [3.63, 3.8) is 0 Å². The number of hydrogen-bond donors (Lipinski definition) is 1. The molecule has 254 valence electrons. The Morgan fingerprint density at radius 2 is 1.26 bits per heavy atom. The lowest BCUT2D eigenvalue weighted by Gasteiger charge is -2.21. The zero-order valence-electron chi connectivity index (χ0n) is 28.2. The zero-order chi connectivity index (χ0) is 32.6. The van der Waals surface area contributed by atoms with Gasteiger partial charge in [-0.2, -0.15) is 0 Å². The number of hydrogen-bond acceptors (Lipinski definition) is 7. The minimum atomic E-state index is 0.108. The summed E-state index contributed by atoms with van der Waals surface area (Å²) in [4.78, 5) is 23.2. The molecule has 0 aromatic carbocycles. The van der Waals surface area contributed by atoms with Crippen molar-refractivity contribution in [3.05, 3.63) is 96.6 Å². The normalized spacial score (nSPS) is 11.9. The van der Waals surface area contributed by atoms with Crippen LogP contribution < -0.4 is 5.32 Å². The molecule has 0 radical (unpaired) electrons. The second-order valence-electron chi connectivity index (χ2n) is 11.1. The van der Waals surface area contributed by atoms with Gasteiger partial charge < -0.3 is 19.5 Å². The van der Waals surface area contributed by atoms with E-state index in [2.05, 4.69) is 63.6 Å². The van der Waals surface area contributed by atoms with Crippen molar-refractivity contribution in [3.8, 4) is 0 Å². The lowest BCUT2D eigenvalue weighted by molar-refractivity contribution is -0.121. The number of ether oxygens (including phenoxy) is 3. The number of unbranched alkanes of at least 4 members (excludes halogenated alkanes) is 5. The molecular formula is C38H58N4O4. The van der Waals surface area contributed by atoms with E-state index >= 15 is 0 Å². The van der Waals surface area contributed by atoms with Crippen LogP contribution in [0.15, 0.2) is 85.2 Å². The Bertz CT molecular complexity index is 1020. The second kappa shape index (κ2) is 29.2. The molecule has 0 aliphatic heterocycles. The number of amides is 1. The standard InChI is InChI=1S/C38H58N4O4/c1-2-3-4-5-6-7-8-9-10-11-12-13-14-15-16-23-38(43)41-26-28-44-30-32-46-33-31-45-29-27-42(34-36-21-17-19-24-39-36)35-37-22-18-20-25-40-37/h3-4,6-7,9-10,17-22,24-25H,2,5,8,11-16,23,26-35H2,1H3,(H,41,43)/b4-3-,7-6-,10-9-. The summed E-state index contributed by atoms with van der Waals surface area (Å²) in [7, 11) is 0. The first-order valence-corrected chi connectivity index (χ1v) is 17.2. The summed E-state index contributed by atoms with van der Waals surface area (Å²) in [5, 5.41) is 2.94. The Morgan fingerprint density at radius 3 is 1.89 bits per heavy atom. The molecule has 2 aromatic rings. The van der Waals surface area contributed by atoms with Crippen molar-refractivity contribution in [1.82, 2.24) is 20.2 Å². The summed E-state index contributed by atoms with van der Waals surface area (Å²) in [6, 6.07) is 11.9. The van der Waals surface area contributed by atoms with E-state index in [1.807, 2.05) is 48.8 Å². The molecule has 0 aliphatic carbocycles. The third-order valence-corrected chi connectivity index (χ3v) is 7.14. The van der Waals surface area contributed by atoms with Gasteiger partial charge in [0.15, 0.2) is 0 Å². The monoisotopic (exact) mass is 634 g/mol. The van der Waals surface area contributed by atoms with Crippen molar-refractivity contribution in [1.29, 1.82) is 0 Å². The quantitative estimate of drug-likeness (QED) is 0.0746. The van der Waals surface area contributed by atoms with Crippen LogP contribution in [0.4, 0.5) is 0 Å². The van der Waals surface area contributed by atoms with Gasteiger partial charge >= 0.3 is 0 Å². The molecule has 0 saturated heterocycles. The number of carbonyl (C=O) groups excluding carboxylic acids is 1. The van der Waals surface area contributed by atoms with Crippen LogP contribution in [0.1, 0.15) is 82.5 Å². The Kier molecular flexibility index (Phi) is 24.8. The Hall–Kier alpha value is -3.17. The molecule has 1 N–H and O–H groups in total. The van der Waals surface area contributed by atoms with Crippen LogP contribution in [-0.2, 0) is 32.1 Å². The van der Waals surface area contributed by atoms with Crippen molar-refractivity contribution < 1.29 is 19.0 Å². The largest absolute Gasteiger partial charge is 0.378 e. The van der Waals surface area contributed by atoms with E-state index in [0.717, 1.165) is 69.5 Å². The minimum Gasteiger partial charge on any atom is -0.378 e. The van der Waals surface area contributed by atoms with Gasteiger partial charge in [-0.05, 0) is 62.8 Å². The topological polar surface area (TPSA) is 85.8 Å². The molecule has 2 heterocycles. The number of allylic oxidation sites excluding steroid dienone is 6. The van der Waals surface area contributed by atoms with Crippen molar-refractivity contribution in [2.75, 3.05) is 52.7 Å². The maximum Gasteiger partial charge on any atom is 0.220 e. The van der Waals surface area contributed by atoms with Crippen molar-refractivity contribution >= 4 is 5.91 Å². The maximum absolute atomic E-state index is 12.0.